The molecule has 0 saturated carbocycles. The van der Waals surface area contributed by atoms with E-state index in [1.165, 1.54) is 32.1 Å². The SMILES string of the molecule is CC(C)O.CC(C)O.CC(C)O.[CH2-]CCCCCCC.[Zr]. The third-order valence-electron chi connectivity index (χ3n) is 1.35. The van der Waals surface area contributed by atoms with Crippen LogP contribution in [-0.4, -0.2) is 33.6 Å². The summed E-state index contributed by atoms with van der Waals surface area (Å²) >= 11 is 0. The van der Waals surface area contributed by atoms with E-state index in [-0.39, 0.29) is 44.5 Å². The zero-order chi connectivity index (χ0) is 17.0. The number of unbranched alkanes of at least 4 members (excludes halogenated alkanes) is 5. The van der Waals surface area contributed by atoms with Crippen molar-refractivity contribution in [2.24, 2.45) is 0 Å². The van der Waals surface area contributed by atoms with Crippen molar-refractivity contribution < 1.29 is 41.5 Å². The van der Waals surface area contributed by atoms with E-state index in [2.05, 4.69) is 13.8 Å². The van der Waals surface area contributed by atoms with E-state index in [9.17, 15) is 0 Å². The zero-order valence-electron chi connectivity index (χ0n) is 15.5. The Morgan fingerprint density at radius 3 is 1.10 bits per heavy atom. The summed E-state index contributed by atoms with van der Waals surface area (Å²) in [6, 6.07) is 0. The maximum absolute atomic E-state index is 8.06. The summed E-state index contributed by atoms with van der Waals surface area (Å²) in [5, 5.41) is 24.2. The number of aliphatic hydroxyl groups is 3. The molecule has 21 heavy (non-hydrogen) atoms. The summed E-state index contributed by atoms with van der Waals surface area (Å²) in [5.74, 6) is 0. The molecule has 0 fully saturated rings. The van der Waals surface area contributed by atoms with Gasteiger partial charge in [0.2, 0.25) is 0 Å². The van der Waals surface area contributed by atoms with Gasteiger partial charge in [-0.1, -0.05) is 39.0 Å². The van der Waals surface area contributed by atoms with Crippen molar-refractivity contribution in [2.75, 3.05) is 0 Å². The van der Waals surface area contributed by atoms with Crippen LogP contribution in [0.3, 0.4) is 0 Å². The van der Waals surface area contributed by atoms with Crippen molar-refractivity contribution >= 4 is 0 Å². The Hall–Kier alpha value is 0.763. The van der Waals surface area contributed by atoms with Crippen LogP contribution in [0.4, 0.5) is 0 Å². The minimum atomic E-state index is -0.167. The molecule has 0 spiro atoms. The fourth-order valence-corrected chi connectivity index (χ4v) is 0.780. The molecule has 0 bridgehead atoms. The molecule has 0 saturated heterocycles. The molecule has 0 aliphatic rings. The number of aliphatic hydroxyl groups excluding tert-OH is 3. The van der Waals surface area contributed by atoms with Gasteiger partial charge in [0.15, 0.2) is 0 Å². The molecule has 0 aromatic rings. The van der Waals surface area contributed by atoms with Gasteiger partial charge in [-0.2, -0.15) is 6.42 Å². The van der Waals surface area contributed by atoms with Crippen LogP contribution in [0.25, 0.3) is 0 Å². The topological polar surface area (TPSA) is 60.7 Å². The molecule has 0 aromatic carbocycles. The second-order valence-corrected chi connectivity index (χ2v) is 5.55. The predicted octanol–water partition coefficient (Wildman–Crippen LogP) is 4.34. The molecule has 0 aliphatic heterocycles. The standard InChI is InChI=1S/C8H17.3C3H8O.Zr/c1-3-5-7-8-6-4-2;3*1-3(2)4;/h1,3-8H2,2H3;3*3-4H,1-2H3;/q-1;;;;. The molecule has 0 rings (SSSR count). The summed E-state index contributed by atoms with van der Waals surface area (Å²) in [7, 11) is 0. The van der Waals surface area contributed by atoms with E-state index in [1.54, 1.807) is 41.5 Å². The Bertz CT molecular complexity index is 101. The minimum absolute atomic E-state index is 0. The van der Waals surface area contributed by atoms with Gasteiger partial charge in [0.25, 0.3) is 0 Å². The zero-order valence-corrected chi connectivity index (χ0v) is 18.0. The van der Waals surface area contributed by atoms with Crippen molar-refractivity contribution in [1.82, 2.24) is 0 Å². The normalized spacial score (nSPS) is 8.86. The molecule has 0 aliphatic carbocycles. The van der Waals surface area contributed by atoms with Crippen LogP contribution in [0.15, 0.2) is 0 Å². The Kier molecular flexibility index (Phi) is 51.9. The predicted molar refractivity (Wildman–Crippen MR) is 90.8 cm³/mol. The van der Waals surface area contributed by atoms with Gasteiger partial charge < -0.3 is 22.2 Å². The monoisotopic (exact) mass is 383 g/mol. The van der Waals surface area contributed by atoms with Gasteiger partial charge >= 0.3 is 0 Å². The summed E-state index contributed by atoms with van der Waals surface area (Å²) in [4.78, 5) is 0. The van der Waals surface area contributed by atoms with Crippen LogP contribution < -0.4 is 0 Å². The summed E-state index contributed by atoms with van der Waals surface area (Å²) in [6.45, 7) is 16.4. The van der Waals surface area contributed by atoms with Crippen LogP contribution in [-0.2, 0) is 26.2 Å². The molecular formula is C17H41O3Zr-. The van der Waals surface area contributed by atoms with E-state index in [4.69, 9.17) is 15.3 Å². The van der Waals surface area contributed by atoms with Crippen LogP contribution in [0, 0.1) is 6.92 Å². The first-order valence-electron chi connectivity index (χ1n) is 7.95. The van der Waals surface area contributed by atoms with E-state index in [0.29, 0.717) is 0 Å². The maximum Gasteiger partial charge on any atom is 0.0483 e. The second-order valence-electron chi connectivity index (χ2n) is 5.55. The molecule has 0 unspecified atom stereocenters. The van der Waals surface area contributed by atoms with E-state index >= 15 is 0 Å². The van der Waals surface area contributed by atoms with Crippen molar-refractivity contribution in [3.63, 3.8) is 0 Å². The van der Waals surface area contributed by atoms with Gasteiger partial charge in [0.05, 0.1) is 0 Å². The Morgan fingerprint density at radius 2 is 0.905 bits per heavy atom. The average Bonchev–Trinajstić information content (AvgIpc) is 2.22. The minimum Gasteiger partial charge on any atom is -0.394 e. The average molecular weight is 385 g/mol. The molecular weight excluding hydrogens is 343 g/mol. The van der Waals surface area contributed by atoms with Gasteiger partial charge in [0, 0.05) is 44.5 Å². The molecule has 0 radical (unpaired) electrons. The summed E-state index contributed by atoms with van der Waals surface area (Å²) in [6.07, 6.45) is 7.48. The fourth-order valence-electron chi connectivity index (χ4n) is 0.780. The molecule has 0 atom stereocenters. The first-order chi connectivity index (χ1) is 9.11. The first-order valence-corrected chi connectivity index (χ1v) is 7.95. The number of rotatable bonds is 5. The fraction of sp³-hybridized carbons (Fsp3) is 0.941. The van der Waals surface area contributed by atoms with Gasteiger partial charge in [-0.3, -0.25) is 0 Å². The first kappa shape index (κ1) is 33.4. The second kappa shape index (κ2) is 32.6. The van der Waals surface area contributed by atoms with E-state index in [0.717, 1.165) is 6.42 Å². The van der Waals surface area contributed by atoms with Gasteiger partial charge in [0.1, 0.15) is 0 Å². The third-order valence-corrected chi connectivity index (χ3v) is 1.35. The van der Waals surface area contributed by atoms with Gasteiger partial charge in [-0.25, -0.2) is 0 Å². The quantitative estimate of drug-likeness (QED) is 0.488. The van der Waals surface area contributed by atoms with E-state index in [1.807, 2.05) is 0 Å². The molecule has 132 valence electrons. The molecule has 0 aromatic heterocycles. The number of hydrogen-bond acceptors (Lipinski definition) is 3. The third kappa shape index (κ3) is 220. The van der Waals surface area contributed by atoms with Crippen LogP contribution >= 0.6 is 0 Å². The van der Waals surface area contributed by atoms with Crippen LogP contribution in [0.2, 0.25) is 0 Å². The molecule has 0 amide bonds. The molecule has 3 N–H and O–H groups in total. The summed E-state index contributed by atoms with van der Waals surface area (Å²) in [5.41, 5.74) is 0. The Balaban J connectivity index is -0.0000000570. The Morgan fingerprint density at radius 1 is 0.667 bits per heavy atom. The van der Waals surface area contributed by atoms with Gasteiger partial charge in [-0.15, -0.1) is 0 Å². The molecule has 3 nitrogen and oxygen atoms in total. The van der Waals surface area contributed by atoms with Crippen molar-refractivity contribution in [2.45, 2.75) is 105 Å². The summed E-state index contributed by atoms with van der Waals surface area (Å²) < 4.78 is 0. The van der Waals surface area contributed by atoms with Gasteiger partial charge in [-0.05, 0) is 41.5 Å². The Labute approximate surface area is 153 Å². The smallest absolute Gasteiger partial charge is 0.0483 e. The largest absolute Gasteiger partial charge is 0.394 e. The molecule has 4 heteroatoms. The number of hydrogen-bond donors (Lipinski definition) is 3. The van der Waals surface area contributed by atoms with Crippen LogP contribution in [0.1, 0.15) is 87.0 Å². The van der Waals surface area contributed by atoms with Crippen molar-refractivity contribution in [3.8, 4) is 0 Å². The van der Waals surface area contributed by atoms with Crippen molar-refractivity contribution in [3.05, 3.63) is 6.92 Å². The molecule has 0 heterocycles. The van der Waals surface area contributed by atoms with Crippen molar-refractivity contribution in [1.29, 1.82) is 0 Å². The van der Waals surface area contributed by atoms with E-state index < -0.39 is 0 Å². The maximum atomic E-state index is 8.06. The van der Waals surface area contributed by atoms with Crippen LogP contribution in [0.5, 0.6) is 0 Å².